The highest BCUT2D eigenvalue weighted by molar-refractivity contribution is 5.79. The quantitative estimate of drug-likeness (QED) is 0.678. The number of hydrogen-bond acceptors (Lipinski definition) is 2. The minimum Gasteiger partial charge on any atom is -0.387 e. The lowest BCUT2D eigenvalue weighted by Gasteiger charge is -2.29. The predicted octanol–water partition coefficient (Wildman–Crippen LogP) is 3.75. The van der Waals surface area contributed by atoms with Crippen molar-refractivity contribution >= 4 is 5.84 Å². The van der Waals surface area contributed by atoms with Crippen molar-refractivity contribution in [1.82, 2.24) is 9.55 Å². The Morgan fingerprint density at radius 2 is 2.09 bits per heavy atom. The molecule has 1 aliphatic rings. The molecular weight excluding hydrogens is 284 g/mol. The average Bonchev–Trinajstić information content (AvgIpc) is 3.05. The maximum atomic E-state index is 5.22. The molecule has 0 aliphatic heterocycles. The lowest BCUT2D eigenvalue weighted by molar-refractivity contribution is 0.276. The Bertz CT molecular complexity index is 682. The van der Waals surface area contributed by atoms with E-state index >= 15 is 0 Å². The molecule has 4 heteroatoms. The predicted molar refractivity (Wildman–Crippen MR) is 96.9 cm³/mol. The van der Waals surface area contributed by atoms with Crippen LogP contribution in [0, 0.1) is 12.3 Å². The van der Waals surface area contributed by atoms with Gasteiger partial charge in [-0.1, -0.05) is 45.0 Å². The summed E-state index contributed by atoms with van der Waals surface area (Å²) < 4.78 is 2.31. The summed E-state index contributed by atoms with van der Waals surface area (Å²) in [5, 5.41) is 0. The van der Waals surface area contributed by atoms with E-state index in [-0.39, 0.29) is 5.41 Å². The summed E-state index contributed by atoms with van der Waals surface area (Å²) in [6, 6.07) is 9.20. The van der Waals surface area contributed by atoms with Gasteiger partial charge in [0, 0.05) is 25.9 Å². The fourth-order valence-corrected chi connectivity index (χ4v) is 3.32. The molecule has 0 radical (unpaired) electrons. The molecule has 0 saturated carbocycles. The Morgan fingerprint density at radius 1 is 1.39 bits per heavy atom. The van der Waals surface area contributed by atoms with Gasteiger partial charge in [-0.05, 0) is 29.9 Å². The Labute approximate surface area is 139 Å². The molecule has 124 valence electrons. The number of nitrogens with zero attached hydrogens (tertiary/aromatic N) is 3. The van der Waals surface area contributed by atoms with Crippen LogP contribution in [0.4, 0.5) is 0 Å². The topological polar surface area (TPSA) is 56.2 Å². The third-order valence-electron chi connectivity index (χ3n) is 4.53. The maximum absolute atomic E-state index is 5.22. The van der Waals surface area contributed by atoms with Crippen molar-refractivity contribution in [2.45, 2.75) is 46.6 Å². The maximum Gasteiger partial charge on any atom is 0.106 e. The summed E-state index contributed by atoms with van der Waals surface area (Å²) in [7, 11) is 1.69. The van der Waals surface area contributed by atoms with Crippen molar-refractivity contribution in [1.29, 1.82) is 0 Å². The second-order valence-electron chi connectivity index (χ2n) is 6.72. The zero-order valence-corrected chi connectivity index (χ0v) is 14.9. The summed E-state index contributed by atoms with van der Waals surface area (Å²) in [6.45, 7) is 8.74. The summed E-state index contributed by atoms with van der Waals surface area (Å²) in [5.74, 6) is 1.81. The fourth-order valence-electron chi connectivity index (χ4n) is 3.32. The van der Waals surface area contributed by atoms with Crippen molar-refractivity contribution < 1.29 is 0 Å². The summed E-state index contributed by atoms with van der Waals surface area (Å²) in [4.78, 5) is 8.06. The molecule has 1 atom stereocenters. The molecule has 2 aromatic rings. The molecule has 1 unspecified atom stereocenters. The number of rotatable bonds is 2. The van der Waals surface area contributed by atoms with Crippen molar-refractivity contribution in [3.63, 3.8) is 0 Å². The van der Waals surface area contributed by atoms with E-state index in [1.165, 1.54) is 11.1 Å². The van der Waals surface area contributed by atoms with Crippen LogP contribution in [0.25, 0.3) is 0 Å². The molecule has 1 aromatic heterocycles. The van der Waals surface area contributed by atoms with Gasteiger partial charge >= 0.3 is 0 Å². The first kappa shape index (κ1) is 17.3. The Balaban J connectivity index is 0.000000277. The van der Waals surface area contributed by atoms with Crippen LogP contribution in [-0.2, 0) is 6.42 Å². The Hall–Kier alpha value is -2.10. The van der Waals surface area contributed by atoms with E-state index in [0.717, 1.165) is 24.5 Å². The average molecular weight is 312 g/mol. The summed E-state index contributed by atoms with van der Waals surface area (Å²) >= 11 is 0. The molecule has 1 aromatic carbocycles. The molecule has 0 fully saturated rings. The summed E-state index contributed by atoms with van der Waals surface area (Å²) in [6.07, 6.45) is 6.00. The number of hydrogen-bond donors (Lipinski definition) is 1. The van der Waals surface area contributed by atoms with Gasteiger partial charge in [-0.15, -0.1) is 0 Å². The Morgan fingerprint density at radius 3 is 2.61 bits per heavy atom. The highest BCUT2D eigenvalue weighted by atomic mass is 15.1. The lowest BCUT2D eigenvalue weighted by atomic mass is 9.85. The van der Waals surface area contributed by atoms with Gasteiger partial charge in [0.1, 0.15) is 5.82 Å². The van der Waals surface area contributed by atoms with Crippen LogP contribution >= 0.6 is 0 Å². The normalized spacial score (nSPS) is 19.0. The van der Waals surface area contributed by atoms with E-state index in [9.17, 15) is 0 Å². The van der Waals surface area contributed by atoms with Crippen LogP contribution in [0.1, 0.15) is 50.2 Å². The number of imidazole rings is 1. The minimum absolute atomic E-state index is 0.259. The number of aromatic nitrogens is 2. The number of amidine groups is 1. The van der Waals surface area contributed by atoms with Crippen molar-refractivity contribution in [2.75, 3.05) is 7.05 Å². The van der Waals surface area contributed by atoms with Crippen LogP contribution < -0.4 is 5.73 Å². The van der Waals surface area contributed by atoms with Gasteiger partial charge in [0.25, 0.3) is 0 Å². The first-order valence-electron chi connectivity index (χ1n) is 8.19. The van der Waals surface area contributed by atoms with Crippen molar-refractivity contribution in [3.05, 3.63) is 53.6 Å². The fraction of sp³-hybridized carbons (Fsp3) is 0.474. The first-order valence-corrected chi connectivity index (χ1v) is 8.19. The van der Waals surface area contributed by atoms with Crippen LogP contribution in [0.15, 0.2) is 41.7 Å². The smallest absolute Gasteiger partial charge is 0.106 e. The molecule has 0 spiro atoms. The number of nitrogens with two attached hydrogens (primary N) is 1. The van der Waals surface area contributed by atoms with E-state index in [1.54, 1.807) is 7.05 Å². The second kappa shape index (κ2) is 6.99. The molecule has 23 heavy (non-hydrogen) atoms. The summed E-state index contributed by atoms with van der Waals surface area (Å²) in [5.41, 5.74) is 8.42. The van der Waals surface area contributed by atoms with Gasteiger partial charge in [0.05, 0.1) is 11.9 Å². The standard InChI is InChI=1S/C15H18N2.C4H10N2/c1-11-16-8-9-17(11)14-13-7-5-4-6-12(13)10-15(14,2)3;1-3-4(5)6-2/h4-9,14H,10H2,1-3H3;3H2,1-2H3,(H2,5,6). The molecule has 3 rings (SSSR count). The second-order valence-corrected chi connectivity index (χ2v) is 6.72. The van der Waals surface area contributed by atoms with E-state index < -0.39 is 0 Å². The number of fused-ring (bicyclic) bond motifs is 1. The van der Waals surface area contributed by atoms with Gasteiger partial charge in [-0.3, -0.25) is 4.99 Å². The van der Waals surface area contributed by atoms with Gasteiger partial charge in [0.15, 0.2) is 0 Å². The highest BCUT2D eigenvalue weighted by Gasteiger charge is 2.40. The molecule has 0 saturated heterocycles. The van der Waals surface area contributed by atoms with Crippen LogP contribution in [0.2, 0.25) is 0 Å². The number of aliphatic imine (C=N–C) groups is 1. The SMILES string of the molecule is CCC(N)=NC.Cc1nccn1C1c2ccccc2CC1(C)C. The molecule has 1 aliphatic carbocycles. The first-order chi connectivity index (χ1) is 10.9. The lowest BCUT2D eigenvalue weighted by Crippen LogP contribution is -2.24. The number of benzene rings is 1. The van der Waals surface area contributed by atoms with Crippen LogP contribution in [-0.4, -0.2) is 22.4 Å². The molecule has 0 amide bonds. The molecule has 2 N–H and O–H groups in total. The Kier molecular flexibility index (Phi) is 5.24. The zero-order valence-electron chi connectivity index (χ0n) is 14.9. The van der Waals surface area contributed by atoms with Gasteiger partial charge in [-0.2, -0.15) is 0 Å². The van der Waals surface area contributed by atoms with E-state index in [2.05, 4.69) is 65.8 Å². The zero-order chi connectivity index (χ0) is 17.0. The number of aryl methyl sites for hydroxylation is 1. The third-order valence-corrected chi connectivity index (χ3v) is 4.53. The molecular formula is C19H28N4. The van der Waals surface area contributed by atoms with Gasteiger partial charge < -0.3 is 10.3 Å². The van der Waals surface area contributed by atoms with Crippen molar-refractivity contribution in [3.8, 4) is 0 Å². The minimum atomic E-state index is 0.259. The highest BCUT2D eigenvalue weighted by Crippen LogP contribution is 2.47. The third kappa shape index (κ3) is 3.63. The molecule has 0 bridgehead atoms. The van der Waals surface area contributed by atoms with E-state index in [0.29, 0.717) is 6.04 Å². The van der Waals surface area contributed by atoms with Crippen LogP contribution in [0.5, 0.6) is 0 Å². The van der Waals surface area contributed by atoms with Crippen molar-refractivity contribution in [2.24, 2.45) is 16.1 Å². The van der Waals surface area contributed by atoms with Gasteiger partial charge in [-0.25, -0.2) is 4.98 Å². The van der Waals surface area contributed by atoms with Crippen LogP contribution in [0.3, 0.4) is 0 Å². The van der Waals surface area contributed by atoms with E-state index in [4.69, 9.17) is 5.73 Å². The van der Waals surface area contributed by atoms with E-state index in [1.807, 2.05) is 13.1 Å². The largest absolute Gasteiger partial charge is 0.387 e. The molecule has 1 heterocycles. The molecule has 4 nitrogen and oxygen atoms in total. The monoisotopic (exact) mass is 312 g/mol. The van der Waals surface area contributed by atoms with Gasteiger partial charge in [0.2, 0.25) is 0 Å².